The predicted octanol–water partition coefficient (Wildman–Crippen LogP) is 3.04. The van der Waals surface area contributed by atoms with Crippen molar-refractivity contribution >= 4 is 17.7 Å². The largest absolute Gasteiger partial charge is 0.549 e. The van der Waals surface area contributed by atoms with E-state index in [1.807, 2.05) is 54.6 Å². The maximum Gasteiger partial charge on any atom is 0.127 e. The summed E-state index contributed by atoms with van der Waals surface area (Å²) >= 11 is 1.16. The van der Waals surface area contributed by atoms with E-state index >= 15 is 0 Å². The number of rotatable bonds is 5. The van der Waals surface area contributed by atoms with Crippen LogP contribution >= 0.6 is 11.8 Å². The Kier molecular flexibility index (Phi) is 4.91. The average Bonchev–Trinajstić information content (AvgIpc) is 2.60. The minimum absolute atomic E-state index is 0.601. The topological polar surface area (TPSA) is 65.9 Å². The van der Waals surface area contributed by atoms with E-state index in [-0.39, 0.29) is 0 Å². The van der Waals surface area contributed by atoms with Crippen molar-refractivity contribution in [2.45, 2.75) is 17.2 Å². The molecule has 0 saturated carbocycles. The van der Waals surface area contributed by atoms with E-state index < -0.39 is 11.2 Å². The van der Waals surface area contributed by atoms with Gasteiger partial charge in [-0.2, -0.15) is 0 Å². The lowest BCUT2D eigenvalue weighted by molar-refractivity contribution is -0.305. The summed E-state index contributed by atoms with van der Waals surface area (Å²) in [6.45, 7) is 1.80. The van der Waals surface area contributed by atoms with Crippen molar-refractivity contribution in [3.63, 3.8) is 0 Å². The second-order valence-electron chi connectivity index (χ2n) is 5.23. The van der Waals surface area contributed by atoms with Gasteiger partial charge in [0.15, 0.2) is 0 Å². The van der Waals surface area contributed by atoms with Gasteiger partial charge in [0.05, 0.1) is 16.9 Å². The summed E-state index contributed by atoms with van der Waals surface area (Å²) in [4.78, 5) is 20.4. The summed E-state index contributed by atoms with van der Waals surface area (Å²) in [6.07, 6.45) is 0. The van der Waals surface area contributed by atoms with Gasteiger partial charge < -0.3 is 9.90 Å². The molecule has 0 aliphatic heterocycles. The molecule has 24 heavy (non-hydrogen) atoms. The molecular weight excluding hydrogens is 320 g/mol. The summed E-state index contributed by atoms with van der Waals surface area (Å²) in [6, 6.07) is 20.6. The summed E-state index contributed by atoms with van der Waals surface area (Å²) in [5, 5.41) is 11.4. The van der Waals surface area contributed by atoms with Gasteiger partial charge in [0.2, 0.25) is 0 Å². The highest BCUT2D eigenvalue weighted by Gasteiger charge is 2.16. The third kappa shape index (κ3) is 3.81. The molecule has 3 rings (SSSR count). The Balaban J connectivity index is 1.94. The fourth-order valence-corrected chi connectivity index (χ4v) is 3.35. The Hall–Kier alpha value is -2.66. The van der Waals surface area contributed by atoms with Crippen LogP contribution in [-0.2, 0) is 4.79 Å². The summed E-state index contributed by atoms with van der Waals surface area (Å²) in [5.74, 6) is -0.535. The number of aliphatic carboxylic acids is 1. The third-order valence-electron chi connectivity index (χ3n) is 3.44. The van der Waals surface area contributed by atoms with E-state index in [2.05, 4.69) is 9.97 Å². The molecule has 3 aromatic rings. The van der Waals surface area contributed by atoms with Crippen LogP contribution in [0, 0.1) is 6.92 Å². The zero-order chi connectivity index (χ0) is 16.9. The van der Waals surface area contributed by atoms with Crippen molar-refractivity contribution in [2.24, 2.45) is 0 Å². The molecule has 0 aliphatic carbocycles. The fraction of sp³-hybridized carbons (Fsp3) is 0.105. The van der Waals surface area contributed by atoms with Crippen LogP contribution in [0.5, 0.6) is 0 Å². The van der Waals surface area contributed by atoms with Crippen molar-refractivity contribution in [1.82, 2.24) is 9.97 Å². The molecular formula is C19H15N2O2S-. The first-order chi connectivity index (χ1) is 11.6. The number of hydrogen-bond donors (Lipinski definition) is 0. The molecule has 1 aromatic heterocycles. The van der Waals surface area contributed by atoms with Crippen LogP contribution in [0.3, 0.4) is 0 Å². The number of benzene rings is 2. The molecule has 1 atom stereocenters. The molecule has 0 fully saturated rings. The van der Waals surface area contributed by atoms with E-state index in [1.165, 1.54) is 0 Å². The van der Waals surface area contributed by atoms with Gasteiger partial charge in [0.1, 0.15) is 10.9 Å². The number of thioether (sulfide) groups is 1. The second-order valence-corrected chi connectivity index (χ2v) is 6.36. The standard InChI is InChI=1S/C19H16N2O2S/c1-13-20-16(14-8-4-2-5-9-14)12-17(21-13)24-18(19(22)23)15-10-6-3-7-11-15/h2-12,18H,1H3,(H,22,23)/p-1/t18-/m1/s1. The number of carboxylic acid groups (broad SMARTS) is 1. The zero-order valence-corrected chi connectivity index (χ0v) is 13.9. The minimum Gasteiger partial charge on any atom is -0.549 e. The van der Waals surface area contributed by atoms with Crippen LogP contribution in [0.4, 0.5) is 0 Å². The molecule has 0 bridgehead atoms. The fourth-order valence-electron chi connectivity index (χ4n) is 2.36. The maximum atomic E-state index is 11.6. The highest BCUT2D eigenvalue weighted by atomic mass is 32.2. The Labute approximate surface area is 144 Å². The van der Waals surface area contributed by atoms with Gasteiger partial charge in [-0.1, -0.05) is 72.4 Å². The second kappa shape index (κ2) is 7.27. The number of aryl methyl sites for hydroxylation is 1. The number of carboxylic acids is 1. The molecule has 5 heteroatoms. The molecule has 0 spiro atoms. The Morgan fingerprint density at radius 3 is 2.25 bits per heavy atom. The number of nitrogens with zero attached hydrogens (tertiary/aromatic N) is 2. The molecule has 0 amide bonds. The monoisotopic (exact) mass is 335 g/mol. The zero-order valence-electron chi connectivity index (χ0n) is 13.0. The van der Waals surface area contributed by atoms with Crippen molar-refractivity contribution in [3.05, 3.63) is 78.1 Å². The number of aromatic nitrogens is 2. The molecule has 2 aromatic carbocycles. The highest BCUT2D eigenvalue weighted by Crippen LogP contribution is 2.35. The van der Waals surface area contributed by atoms with E-state index in [4.69, 9.17) is 0 Å². The van der Waals surface area contributed by atoms with E-state index in [0.717, 1.165) is 23.0 Å². The van der Waals surface area contributed by atoms with Crippen LogP contribution in [-0.4, -0.2) is 15.9 Å². The Bertz CT molecular complexity index is 839. The lowest BCUT2D eigenvalue weighted by Crippen LogP contribution is -2.28. The van der Waals surface area contributed by atoms with Crippen molar-refractivity contribution in [2.75, 3.05) is 0 Å². The SMILES string of the molecule is Cc1nc(S[C@@H](C(=O)[O-])c2ccccc2)cc(-c2ccccc2)n1. The lowest BCUT2D eigenvalue weighted by Gasteiger charge is -2.18. The number of carbonyl (C=O) groups is 1. The van der Waals surface area contributed by atoms with Gasteiger partial charge >= 0.3 is 0 Å². The highest BCUT2D eigenvalue weighted by molar-refractivity contribution is 8.00. The van der Waals surface area contributed by atoms with Gasteiger partial charge in [0, 0.05) is 5.56 Å². The van der Waals surface area contributed by atoms with Crippen LogP contribution in [0.25, 0.3) is 11.3 Å². The van der Waals surface area contributed by atoms with Crippen LogP contribution in [0.1, 0.15) is 16.6 Å². The molecule has 0 radical (unpaired) electrons. The van der Waals surface area contributed by atoms with Crippen molar-refractivity contribution < 1.29 is 9.90 Å². The molecule has 0 N–H and O–H groups in total. The first-order valence-corrected chi connectivity index (χ1v) is 8.35. The Morgan fingerprint density at radius 2 is 1.62 bits per heavy atom. The normalized spacial score (nSPS) is 11.9. The van der Waals surface area contributed by atoms with E-state index in [0.29, 0.717) is 16.4 Å². The summed E-state index contributed by atoms with van der Waals surface area (Å²) in [5.41, 5.74) is 2.42. The third-order valence-corrected chi connectivity index (χ3v) is 4.59. The predicted molar refractivity (Wildman–Crippen MR) is 92.3 cm³/mol. The molecule has 120 valence electrons. The summed E-state index contributed by atoms with van der Waals surface area (Å²) < 4.78 is 0. The van der Waals surface area contributed by atoms with Gasteiger partial charge in [0.25, 0.3) is 0 Å². The molecule has 0 aliphatic rings. The van der Waals surface area contributed by atoms with Gasteiger partial charge in [-0.05, 0) is 18.6 Å². The molecule has 4 nitrogen and oxygen atoms in total. The van der Waals surface area contributed by atoms with Crippen LogP contribution in [0.2, 0.25) is 0 Å². The lowest BCUT2D eigenvalue weighted by atomic mass is 10.1. The van der Waals surface area contributed by atoms with Gasteiger partial charge in [-0.25, -0.2) is 9.97 Å². The van der Waals surface area contributed by atoms with Gasteiger partial charge in [-0.15, -0.1) is 0 Å². The smallest absolute Gasteiger partial charge is 0.127 e. The Morgan fingerprint density at radius 1 is 1.00 bits per heavy atom. The summed E-state index contributed by atoms with van der Waals surface area (Å²) in [7, 11) is 0. The van der Waals surface area contributed by atoms with Gasteiger partial charge in [-0.3, -0.25) is 0 Å². The van der Waals surface area contributed by atoms with Crippen molar-refractivity contribution in [1.29, 1.82) is 0 Å². The number of hydrogen-bond acceptors (Lipinski definition) is 5. The first-order valence-electron chi connectivity index (χ1n) is 7.47. The number of carbonyl (C=O) groups excluding carboxylic acids is 1. The molecule has 1 heterocycles. The van der Waals surface area contributed by atoms with Crippen LogP contribution < -0.4 is 5.11 Å². The first kappa shape index (κ1) is 16.2. The van der Waals surface area contributed by atoms with E-state index in [9.17, 15) is 9.90 Å². The van der Waals surface area contributed by atoms with E-state index in [1.54, 1.807) is 19.1 Å². The van der Waals surface area contributed by atoms with Crippen LogP contribution in [0.15, 0.2) is 71.8 Å². The quantitative estimate of drug-likeness (QED) is 0.530. The average molecular weight is 335 g/mol. The van der Waals surface area contributed by atoms with Crippen molar-refractivity contribution in [3.8, 4) is 11.3 Å². The maximum absolute atomic E-state index is 11.6. The molecule has 0 saturated heterocycles. The minimum atomic E-state index is -1.14. The molecule has 0 unspecified atom stereocenters.